The van der Waals surface area contributed by atoms with Crippen molar-refractivity contribution in [2.24, 2.45) is 0 Å². The molecule has 5 rings (SSSR count). The third-order valence-electron chi connectivity index (χ3n) is 7.34. The number of nitrogens with zero attached hydrogens (tertiary/aromatic N) is 3. The van der Waals surface area contributed by atoms with E-state index in [0.29, 0.717) is 50.2 Å². The summed E-state index contributed by atoms with van der Waals surface area (Å²) >= 11 is 0. The van der Waals surface area contributed by atoms with Crippen LogP contribution in [0.25, 0.3) is 10.8 Å². The van der Waals surface area contributed by atoms with Gasteiger partial charge in [-0.05, 0) is 73.6 Å². The highest BCUT2D eigenvalue weighted by Crippen LogP contribution is 2.30. The fourth-order valence-electron chi connectivity index (χ4n) is 5.35. The maximum atomic E-state index is 13.4. The number of rotatable bonds is 9. The first-order chi connectivity index (χ1) is 17.8. The van der Waals surface area contributed by atoms with Gasteiger partial charge in [-0.25, -0.2) is 21.1 Å². The molecule has 3 heterocycles. The molecule has 1 unspecified atom stereocenters. The Morgan fingerprint density at radius 2 is 1.59 bits per heavy atom. The molecule has 8 nitrogen and oxygen atoms in total. The molecule has 0 amide bonds. The zero-order valence-electron chi connectivity index (χ0n) is 20.8. The standard InChI is InChI=1S/C27H33N3O5S2/c31-36(32,29-18-13-26(14-19-29)35-25-11-15-28-16-12-25)20-4-8-24-7-3-17-30(24)37(33,34)27-10-9-22-5-1-2-6-23(22)21-27/h1-2,5-6,9-12,15-16,21,24,26H,3-4,7-8,13-14,17-20H2. The third kappa shape index (κ3) is 5.98. The van der Waals surface area contributed by atoms with Crippen LogP contribution in [-0.4, -0.2) is 68.0 Å². The van der Waals surface area contributed by atoms with Crippen LogP contribution in [-0.2, 0) is 20.0 Å². The van der Waals surface area contributed by atoms with Crippen LogP contribution in [0.5, 0.6) is 5.75 Å². The first kappa shape index (κ1) is 26.1. The van der Waals surface area contributed by atoms with E-state index in [1.165, 1.54) is 0 Å². The van der Waals surface area contributed by atoms with E-state index in [2.05, 4.69) is 4.98 Å². The highest BCUT2D eigenvalue weighted by Gasteiger charge is 2.36. The molecule has 2 aliphatic rings. The average molecular weight is 544 g/mol. The molecular weight excluding hydrogens is 510 g/mol. The molecule has 37 heavy (non-hydrogen) atoms. The second-order valence-corrected chi connectivity index (χ2v) is 13.8. The van der Waals surface area contributed by atoms with Crippen LogP contribution in [0.3, 0.4) is 0 Å². The Bertz CT molecular complexity index is 1420. The van der Waals surface area contributed by atoms with E-state index in [1.54, 1.807) is 45.3 Å². The van der Waals surface area contributed by atoms with E-state index in [1.807, 2.05) is 30.3 Å². The molecule has 0 bridgehead atoms. The summed E-state index contributed by atoms with van der Waals surface area (Å²) in [5.74, 6) is 0.777. The predicted octanol–water partition coefficient (Wildman–Crippen LogP) is 4.04. The normalized spacial score (nSPS) is 20.4. The SMILES string of the molecule is O=S(=O)(CCCC1CCCN1S(=O)(=O)c1ccc2ccccc2c1)N1CCC(Oc2ccncc2)CC1. The molecule has 1 aromatic heterocycles. The zero-order chi connectivity index (χ0) is 25.9. The van der Waals surface area contributed by atoms with Gasteiger partial charge in [0.15, 0.2) is 0 Å². The molecule has 10 heteroatoms. The van der Waals surface area contributed by atoms with Crippen molar-refractivity contribution in [1.29, 1.82) is 0 Å². The molecule has 0 spiro atoms. The Balaban J connectivity index is 1.15. The van der Waals surface area contributed by atoms with E-state index < -0.39 is 20.0 Å². The third-order valence-corrected chi connectivity index (χ3v) is 11.2. The molecule has 2 saturated heterocycles. The summed E-state index contributed by atoms with van der Waals surface area (Å²) in [5.41, 5.74) is 0. The van der Waals surface area contributed by atoms with Crippen LogP contribution in [0, 0.1) is 0 Å². The van der Waals surface area contributed by atoms with Gasteiger partial charge in [0.2, 0.25) is 20.0 Å². The van der Waals surface area contributed by atoms with Gasteiger partial charge in [-0.1, -0.05) is 30.3 Å². The average Bonchev–Trinajstić information content (AvgIpc) is 3.39. The zero-order valence-corrected chi connectivity index (χ0v) is 22.4. The highest BCUT2D eigenvalue weighted by molar-refractivity contribution is 7.89. The Morgan fingerprint density at radius 1 is 0.865 bits per heavy atom. The first-order valence-corrected chi connectivity index (χ1v) is 15.9. The minimum absolute atomic E-state index is 0.0128. The molecule has 1 atom stereocenters. The Morgan fingerprint density at radius 3 is 2.35 bits per heavy atom. The van der Waals surface area contributed by atoms with E-state index in [0.717, 1.165) is 29.4 Å². The molecule has 198 valence electrons. The number of ether oxygens (including phenoxy) is 1. The lowest BCUT2D eigenvalue weighted by Gasteiger charge is -2.31. The number of sulfonamides is 2. The topological polar surface area (TPSA) is 96.9 Å². The maximum absolute atomic E-state index is 13.4. The molecule has 0 radical (unpaired) electrons. The van der Waals surface area contributed by atoms with E-state index in [4.69, 9.17) is 4.74 Å². The number of hydrogen-bond acceptors (Lipinski definition) is 6. The second-order valence-electron chi connectivity index (χ2n) is 9.78. The summed E-state index contributed by atoms with van der Waals surface area (Å²) in [6.45, 7) is 1.34. The number of piperidine rings is 1. The summed E-state index contributed by atoms with van der Waals surface area (Å²) in [4.78, 5) is 4.27. The fourth-order valence-corrected chi connectivity index (χ4v) is 8.66. The summed E-state index contributed by atoms with van der Waals surface area (Å²) in [6.07, 6.45) is 7.13. The monoisotopic (exact) mass is 543 g/mol. The van der Waals surface area contributed by atoms with Gasteiger partial charge in [0.25, 0.3) is 0 Å². The van der Waals surface area contributed by atoms with Crippen LogP contribution in [0.2, 0.25) is 0 Å². The molecule has 0 N–H and O–H groups in total. The van der Waals surface area contributed by atoms with Crippen LogP contribution in [0.4, 0.5) is 0 Å². The molecule has 2 aromatic carbocycles. The molecule has 2 aliphatic heterocycles. The van der Waals surface area contributed by atoms with Crippen molar-refractivity contribution in [2.45, 2.75) is 55.6 Å². The molecule has 0 saturated carbocycles. The van der Waals surface area contributed by atoms with Gasteiger partial charge in [-0.15, -0.1) is 0 Å². The van der Waals surface area contributed by atoms with Gasteiger partial charge in [0, 0.05) is 38.1 Å². The lowest BCUT2D eigenvalue weighted by Crippen LogP contribution is -2.43. The molecule has 2 fully saturated rings. The Hall–Kier alpha value is -2.53. The second kappa shape index (κ2) is 11.1. The van der Waals surface area contributed by atoms with Crippen molar-refractivity contribution < 1.29 is 21.6 Å². The predicted molar refractivity (Wildman–Crippen MR) is 143 cm³/mol. The lowest BCUT2D eigenvalue weighted by molar-refractivity contribution is 0.135. The van der Waals surface area contributed by atoms with E-state index >= 15 is 0 Å². The van der Waals surface area contributed by atoms with Crippen molar-refractivity contribution >= 4 is 30.8 Å². The van der Waals surface area contributed by atoms with Crippen LogP contribution >= 0.6 is 0 Å². The lowest BCUT2D eigenvalue weighted by atomic mass is 10.1. The van der Waals surface area contributed by atoms with Crippen molar-refractivity contribution in [3.8, 4) is 5.75 Å². The largest absolute Gasteiger partial charge is 0.490 e. The number of fused-ring (bicyclic) bond motifs is 1. The number of pyridine rings is 1. The maximum Gasteiger partial charge on any atom is 0.243 e. The minimum Gasteiger partial charge on any atom is -0.490 e. The smallest absolute Gasteiger partial charge is 0.243 e. The minimum atomic E-state index is -3.64. The van der Waals surface area contributed by atoms with E-state index in [9.17, 15) is 16.8 Å². The van der Waals surface area contributed by atoms with Gasteiger partial charge >= 0.3 is 0 Å². The summed E-state index contributed by atoms with van der Waals surface area (Å²) in [6, 6.07) is 16.4. The van der Waals surface area contributed by atoms with Gasteiger partial charge in [-0.3, -0.25) is 4.98 Å². The first-order valence-electron chi connectivity index (χ1n) is 12.9. The van der Waals surface area contributed by atoms with Gasteiger partial charge in [0.1, 0.15) is 11.9 Å². The van der Waals surface area contributed by atoms with Crippen molar-refractivity contribution in [3.63, 3.8) is 0 Å². The van der Waals surface area contributed by atoms with Gasteiger partial charge in [-0.2, -0.15) is 4.31 Å². The molecule has 3 aromatic rings. The summed E-state index contributed by atoms with van der Waals surface area (Å²) in [7, 11) is -7.04. The Labute approximate surface area is 219 Å². The Kier molecular flexibility index (Phi) is 7.80. The molecular formula is C27H33N3O5S2. The summed E-state index contributed by atoms with van der Waals surface area (Å²) in [5, 5.41) is 1.89. The molecule has 0 aliphatic carbocycles. The van der Waals surface area contributed by atoms with Crippen molar-refractivity contribution in [2.75, 3.05) is 25.4 Å². The number of hydrogen-bond donors (Lipinski definition) is 0. The van der Waals surface area contributed by atoms with Gasteiger partial charge in [0.05, 0.1) is 10.6 Å². The number of benzene rings is 2. The van der Waals surface area contributed by atoms with Crippen LogP contribution < -0.4 is 4.74 Å². The van der Waals surface area contributed by atoms with E-state index in [-0.39, 0.29) is 17.9 Å². The fraction of sp³-hybridized carbons (Fsp3) is 0.444. The number of aromatic nitrogens is 1. The quantitative estimate of drug-likeness (QED) is 0.404. The highest BCUT2D eigenvalue weighted by atomic mass is 32.2. The van der Waals surface area contributed by atoms with Crippen molar-refractivity contribution in [3.05, 3.63) is 67.0 Å². The summed E-state index contributed by atoms with van der Waals surface area (Å²) < 4.78 is 61.9. The van der Waals surface area contributed by atoms with Crippen LogP contribution in [0.15, 0.2) is 71.9 Å². The van der Waals surface area contributed by atoms with Crippen molar-refractivity contribution in [1.82, 2.24) is 13.6 Å². The van der Waals surface area contributed by atoms with Crippen LogP contribution in [0.1, 0.15) is 38.5 Å². The van der Waals surface area contributed by atoms with Gasteiger partial charge < -0.3 is 4.74 Å².